The van der Waals surface area contributed by atoms with E-state index in [9.17, 15) is 14.7 Å². The van der Waals surface area contributed by atoms with Gasteiger partial charge in [0.25, 0.3) is 0 Å². The topological polar surface area (TPSA) is 89.9 Å². The summed E-state index contributed by atoms with van der Waals surface area (Å²) in [6.07, 6.45) is 12.8. The summed E-state index contributed by atoms with van der Waals surface area (Å²) < 4.78 is 0. The molecule has 6 heteroatoms. The first-order chi connectivity index (χ1) is 15.5. The van der Waals surface area contributed by atoms with Crippen LogP contribution in [-0.4, -0.2) is 52.7 Å². The van der Waals surface area contributed by atoms with E-state index >= 15 is 0 Å². The second-order valence-corrected chi connectivity index (χ2v) is 9.83. The van der Waals surface area contributed by atoms with Crippen molar-refractivity contribution in [3.8, 4) is 0 Å². The number of carbonyl (C=O) groups excluding carboxylic acids is 1. The van der Waals surface area contributed by atoms with Gasteiger partial charge < -0.3 is 20.4 Å². The van der Waals surface area contributed by atoms with Gasteiger partial charge in [0, 0.05) is 13.0 Å². The summed E-state index contributed by atoms with van der Waals surface area (Å²) in [6.45, 7) is 3.45. The molecule has 2 aliphatic heterocycles. The predicted octanol–water partition coefficient (Wildman–Crippen LogP) is 3.31. The maximum absolute atomic E-state index is 11.8. The van der Waals surface area contributed by atoms with Crippen LogP contribution in [0, 0.1) is 17.8 Å². The Bertz CT molecular complexity index is 820. The third kappa shape index (κ3) is 5.24. The second-order valence-electron chi connectivity index (χ2n) is 9.83. The molecule has 0 aromatic heterocycles. The molecule has 32 heavy (non-hydrogen) atoms. The molecule has 5 atom stereocenters. The van der Waals surface area contributed by atoms with Crippen LogP contribution in [0.5, 0.6) is 0 Å². The molecule has 1 aromatic carbocycles. The molecule has 4 aliphatic rings. The van der Waals surface area contributed by atoms with Crippen molar-refractivity contribution < 1.29 is 19.8 Å². The summed E-state index contributed by atoms with van der Waals surface area (Å²) in [5.41, 5.74) is 0.464. The van der Waals surface area contributed by atoms with E-state index in [1.807, 2.05) is 0 Å². The van der Waals surface area contributed by atoms with E-state index < -0.39 is 17.6 Å². The fraction of sp³-hybridized carbons (Fsp3) is 0.615. The molecule has 0 radical (unpaired) electrons. The van der Waals surface area contributed by atoms with E-state index in [-0.39, 0.29) is 5.91 Å². The van der Waals surface area contributed by atoms with Crippen LogP contribution in [0.1, 0.15) is 56.9 Å². The van der Waals surface area contributed by atoms with Gasteiger partial charge in [0.2, 0.25) is 5.91 Å². The van der Waals surface area contributed by atoms with Gasteiger partial charge in [0.1, 0.15) is 6.04 Å². The van der Waals surface area contributed by atoms with Gasteiger partial charge in [0.05, 0.1) is 5.60 Å². The Hall–Kier alpha value is -2.18. The first-order valence-electron chi connectivity index (χ1n) is 12.2. The fourth-order valence-corrected chi connectivity index (χ4v) is 5.91. The van der Waals surface area contributed by atoms with Gasteiger partial charge in [0.15, 0.2) is 0 Å². The average Bonchev–Trinajstić information content (AvgIpc) is 3.57. The number of carboxylic acids is 1. The Morgan fingerprint density at radius 2 is 1.84 bits per heavy atom. The molecule has 1 saturated carbocycles. The van der Waals surface area contributed by atoms with Crippen LogP contribution in [0.4, 0.5) is 0 Å². The second kappa shape index (κ2) is 10.2. The highest BCUT2D eigenvalue weighted by Gasteiger charge is 2.48. The van der Waals surface area contributed by atoms with E-state index in [1.165, 1.54) is 38.8 Å². The molecule has 2 aliphatic carbocycles. The van der Waals surface area contributed by atoms with Crippen LogP contribution in [0.25, 0.3) is 0 Å². The van der Waals surface area contributed by atoms with E-state index in [0.29, 0.717) is 30.6 Å². The molecule has 5 rings (SSSR count). The number of fused-ring (bicyclic) bond motifs is 2. The molecule has 1 amide bonds. The maximum atomic E-state index is 11.8. The van der Waals surface area contributed by atoms with Crippen molar-refractivity contribution in [2.45, 2.75) is 63.0 Å². The number of aliphatic hydroxyl groups is 1. The normalized spacial score (nSPS) is 31.0. The Labute approximate surface area is 190 Å². The molecule has 2 bridgehead atoms. The van der Waals surface area contributed by atoms with Gasteiger partial charge >= 0.3 is 5.97 Å². The number of hydrogen-bond acceptors (Lipinski definition) is 4. The lowest BCUT2D eigenvalue weighted by Gasteiger charge is -2.40. The number of hydrogen-bond donors (Lipinski definition) is 3. The van der Waals surface area contributed by atoms with Gasteiger partial charge in [-0.2, -0.15) is 0 Å². The number of likely N-dealkylation sites (tertiary alicyclic amines) is 1. The standard InChI is InChI=1S/C21H29NO.C5H7NO3/c23-21(19-7-3-1-4-8-19,11-14-22-12-5-2-6-13-22)20-16-17-9-10-18(20)15-17;7-4-2-1-3(6-4)5(8)9/h1,3-4,7-10,17-18,20,23H,2,5-6,11-16H2;3H,1-2H2,(H,6,7)(H,8,9)/t;3-/m.0/s1. The number of aliphatic carboxylic acids is 1. The number of nitrogens with zero attached hydrogens (tertiary/aromatic N) is 1. The maximum Gasteiger partial charge on any atom is 0.326 e. The lowest BCUT2D eigenvalue weighted by molar-refractivity contribution is -0.140. The van der Waals surface area contributed by atoms with Gasteiger partial charge in [-0.1, -0.05) is 48.9 Å². The van der Waals surface area contributed by atoms with E-state index in [1.54, 1.807) is 0 Å². The van der Waals surface area contributed by atoms with E-state index in [0.717, 1.165) is 24.9 Å². The highest BCUT2D eigenvalue weighted by atomic mass is 16.4. The van der Waals surface area contributed by atoms with Gasteiger partial charge in [-0.05, 0) is 74.9 Å². The number of rotatable bonds is 6. The molecule has 1 aromatic rings. The molecule has 3 N–H and O–H groups in total. The number of nitrogens with one attached hydrogen (secondary N) is 1. The van der Waals surface area contributed by atoms with Crippen molar-refractivity contribution >= 4 is 11.9 Å². The summed E-state index contributed by atoms with van der Waals surface area (Å²) >= 11 is 0. The summed E-state index contributed by atoms with van der Waals surface area (Å²) in [4.78, 5) is 23.1. The molecule has 3 fully saturated rings. The van der Waals surface area contributed by atoms with E-state index in [2.05, 4.69) is 52.7 Å². The van der Waals surface area contributed by atoms with Crippen molar-refractivity contribution in [3.63, 3.8) is 0 Å². The largest absolute Gasteiger partial charge is 0.480 e. The third-order valence-corrected chi connectivity index (χ3v) is 7.72. The van der Waals surface area contributed by atoms with Crippen LogP contribution < -0.4 is 5.32 Å². The quantitative estimate of drug-likeness (QED) is 0.591. The molecule has 6 nitrogen and oxygen atoms in total. The zero-order chi connectivity index (χ0) is 22.6. The Balaban J connectivity index is 0.000000230. The van der Waals surface area contributed by atoms with Crippen molar-refractivity contribution in [3.05, 3.63) is 48.0 Å². The highest BCUT2D eigenvalue weighted by Crippen LogP contribution is 2.52. The molecule has 174 valence electrons. The number of piperidine rings is 1. The number of benzene rings is 1. The molecule has 0 spiro atoms. The Morgan fingerprint density at radius 1 is 1.09 bits per heavy atom. The molecular formula is C26H36N2O4. The zero-order valence-electron chi connectivity index (χ0n) is 18.8. The monoisotopic (exact) mass is 440 g/mol. The third-order valence-electron chi connectivity index (χ3n) is 7.72. The summed E-state index contributed by atoms with van der Waals surface area (Å²) in [6, 6.07) is 9.82. The molecule has 4 unspecified atom stereocenters. The Morgan fingerprint density at radius 3 is 2.38 bits per heavy atom. The number of amides is 1. The smallest absolute Gasteiger partial charge is 0.326 e. The van der Waals surface area contributed by atoms with Crippen LogP contribution in [-0.2, 0) is 15.2 Å². The van der Waals surface area contributed by atoms with Crippen LogP contribution >= 0.6 is 0 Å². The number of carbonyl (C=O) groups is 2. The first kappa shape index (κ1) is 23.0. The lowest BCUT2D eigenvalue weighted by Crippen LogP contribution is -2.42. The van der Waals surface area contributed by atoms with Crippen LogP contribution in [0.15, 0.2) is 42.5 Å². The SMILES string of the molecule is O=C1CC[C@@H](C(=O)O)N1.OC(CCN1CCCCC1)(c1ccccc1)C1CC2C=CC1C2. The number of carboxylic acid groups (broad SMARTS) is 1. The van der Waals surface area contributed by atoms with Crippen molar-refractivity contribution in [2.24, 2.45) is 17.8 Å². The minimum absolute atomic E-state index is 0.164. The van der Waals surface area contributed by atoms with Gasteiger partial charge in [-0.15, -0.1) is 0 Å². The average molecular weight is 441 g/mol. The molecule has 2 heterocycles. The Kier molecular flexibility index (Phi) is 7.31. The summed E-state index contributed by atoms with van der Waals surface area (Å²) in [5, 5.41) is 22.4. The van der Waals surface area contributed by atoms with Crippen molar-refractivity contribution in [1.29, 1.82) is 0 Å². The predicted molar refractivity (Wildman–Crippen MR) is 123 cm³/mol. The lowest BCUT2D eigenvalue weighted by atomic mass is 9.72. The summed E-state index contributed by atoms with van der Waals surface area (Å²) in [5.74, 6) is 0.565. The zero-order valence-corrected chi connectivity index (χ0v) is 18.8. The minimum atomic E-state index is -0.944. The summed E-state index contributed by atoms with van der Waals surface area (Å²) in [7, 11) is 0. The van der Waals surface area contributed by atoms with E-state index in [4.69, 9.17) is 5.11 Å². The minimum Gasteiger partial charge on any atom is -0.480 e. The molecular weight excluding hydrogens is 404 g/mol. The van der Waals surface area contributed by atoms with Gasteiger partial charge in [-0.25, -0.2) is 4.79 Å². The number of allylic oxidation sites excluding steroid dienone is 2. The highest BCUT2D eigenvalue weighted by molar-refractivity contribution is 5.87. The van der Waals surface area contributed by atoms with Crippen LogP contribution in [0.3, 0.4) is 0 Å². The van der Waals surface area contributed by atoms with Crippen molar-refractivity contribution in [2.75, 3.05) is 19.6 Å². The first-order valence-corrected chi connectivity index (χ1v) is 12.2. The van der Waals surface area contributed by atoms with Crippen molar-refractivity contribution in [1.82, 2.24) is 10.2 Å². The van der Waals surface area contributed by atoms with Crippen LogP contribution in [0.2, 0.25) is 0 Å². The molecule has 2 saturated heterocycles. The van der Waals surface area contributed by atoms with Gasteiger partial charge in [-0.3, -0.25) is 4.79 Å². The fourth-order valence-electron chi connectivity index (χ4n) is 5.91.